The van der Waals surface area contributed by atoms with Crippen molar-refractivity contribution in [3.8, 4) is 0 Å². The highest BCUT2D eigenvalue weighted by atomic mass is 32.2. The smallest absolute Gasteiger partial charge is 0.0975 e. The summed E-state index contributed by atoms with van der Waals surface area (Å²) in [6.07, 6.45) is 5.80. The topological polar surface area (TPSA) is 23.5 Å². The van der Waals surface area contributed by atoms with Crippen molar-refractivity contribution in [2.24, 2.45) is 0 Å². The van der Waals surface area contributed by atoms with Crippen molar-refractivity contribution in [3.63, 3.8) is 0 Å². The Morgan fingerprint density at radius 3 is 2.38 bits per heavy atom. The second-order valence-electron chi connectivity index (χ2n) is 3.69. The van der Waals surface area contributed by atoms with E-state index in [2.05, 4.69) is 11.9 Å². The summed E-state index contributed by atoms with van der Waals surface area (Å²) in [4.78, 5) is 3.39. The summed E-state index contributed by atoms with van der Waals surface area (Å²) < 4.78 is 0. The van der Waals surface area contributed by atoms with Crippen LogP contribution in [0.1, 0.15) is 19.8 Å². The molecule has 0 aromatic heterocycles. The van der Waals surface area contributed by atoms with Gasteiger partial charge in [0.05, 0.1) is 5.60 Å². The lowest BCUT2D eigenvalue weighted by atomic mass is 9.91. The maximum absolute atomic E-state index is 10.3. The average Bonchev–Trinajstić information content (AvgIpc) is 2.13. The van der Waals surface area contributed by atoms with Crippen LogP contribution in [0.4, 0.5) is 0 Å². The largest absolute Gasteiger partial charge is 0.385 e. The molecule has 1 N–H and O–H groups in total. The number of thioether (sulfide) groups is 1. The number of aliphatic hydroxyl groups is 1. The molecule has 0 radical (unpaired) electrons. The molecular formula is C10H19NOS. The fourth-order valence-electron chi connectivity index (χ4n) is 1.81. The van der Waals surface area contributed by atoms with Gasteiger partial charge >= 0.3 is 0 Å². The van der Waals surface area contributed by atoms with Crippen LogP contribution >= 0.6 is 11.8 Å². The molecule has 1 saturated heterocycles. The molecule has 13 heavy (non-hydrogen) atoms. The van der Waals surface area contributed by atoms with Crippen LogP contribution in [0, 0.1) is 0 Å². The van der Waals surface area contributed by atoms with Crippen LogP contribution in [0.25, 0.3) is 0 Å². The Balaban J connectivity index is 2.66. The number of nitrogens with zero attached hydrogens (tertiary/aromatic N) is 1. The van der Waals surface area contributed by atoms with Gasteiger partial charge in [-0.1, -0.05) is 6.08 Å². The molecule has 0 aromatic carbocycles. The minimum atomic E-state index is -0.541. The lowest BCUT2D eigenvalue weighted by Crippen LogP contribution is -2.43. The van der Waals surface area contributed by atoms with Gasteiger partial charge in [0.15, 0.2) is 0 Å². The normalized spacial score (nSPS) is 24.8. The molecule has 3 heteroatoms. The van der Waals surface area contributed by atoms with Crippen LogP contribution in [0.3, 0.4) is 0 Å². The quantitative estimate of drug-likeness (QED) is 0.736. The molecule has 0 saturated carbocycles. The highest BCUT2D eigenvalue weighted by Crippen LogP contribution is 2.34. The van der Waals surface area contributed by atoms with Gasteiger partial charge in [-0.2, -0.15) is 0 Å². The lowest BCUT2D eigenvalue weighted by molar-refractivity contribution is 0.0232. The second kappa shape index (κ2) is 4.49. The molecule has 0 unspecified atom stereocenters. The first-order valence-corrected chi connectivity index (χ1v) is 5.96. The molecule has 0 amide bonds. The Bertz CT molecular complexity index is 195. The van der Waals surface area contributed by atoms with Crippen molar-refractivity contribution in [1.82, 2.24) is 4.90 Å². The van der Waals surface area contributed by atoms with E-state index >= 15 is 0 Å². The molecule has 0 atom stereocenters. The fourth-order valence-corrected chi connectivity index (χ4v) is 2.63. The molecule has 0 aromatic rings. The molecule has 1 heterocycles. The minimum Gasteiger partial charge on any atom is -0.385 e. The highest BCUT2D eigenvalue weighted by molar-refractivity contribution is 8.02. The molecule has 0 spiro atoms. The molecule has 2 nitrogen and oxygen atoms in total. The number of piperidine rings is 1. The van der Waals surface area contributed by atoms with Crippen LogP contribution < -0.4 is 0 Å². The molecule has 0 bridgehead atoms. The van der Waals surface area contributed by atoms with E-state index < -0.39 is 5.60 Å². The van der Waals surface area contributed by atoms with Gasteiger partial charge in [0.25, 0.3) is 0 Å². The molecule has 0 aliphatic carbocycles. The maximum atomic E-state index is 10.3. The average molecular weight is 201 g/mol. The molecular weight excluding hydrogens is 182 g/mol. The molecule has 1 fully saturated rings. The minimum absolute atomic E-state index is 0.541. The number of likely N-dealkylation sites (tertiary alicyclic amines) is 1. The van der Waals surface area contributed by atoms with Gasteiger partial charge in [0.1, 0.15) is 0 Å². The van der Waals surface area contributed by atoms with Crippen molar-refractivity contribution in [2.45, 2.75) is 25.4 Å². The van der Waals surface area contributed by atoms with Crippen molar-refractivity contribution >= 4 is 11.8 Å². The van der Waals surface area contributed by atoms with Crippen molar-refractivity contribution in [2.75, 3.05) is 26.4 Å². The first kappa shape index (κ1) is 11.1. The summed E-state index contributed by atoms with van der Waals surface area (Å²) in [6, 6.07) is 0. The summed E-state index contributed by atoms with van der Waals surface area (Å²) in [6.45, 7) is 3.99. The second-order valence-corrected chi connectivity index (χ2v) is 4.54. The van der Waals surface area contributed by atoms with Crippen LogP contribution in [0.5, 0.6) is 0 Å². The van der Waals surface area contributed by atoms with Gasteiger partial charge in [-0.15, -0.1) is 11.8 Å². The third-order valence-corrected chi connectivity index (χ3v) is 3.81. The van der Waals surface area contributed by atoms with Gasteiger partial charge in [-0.3, -0.25) is 0 Å². The van der Waals surface area contributed by atoms with E-state index in [-0.39, 0.29) is 0 Å². The summed E-state index contributed by atoms with van der Waals surface area (Å²) in [5, 5.41) is 10.3. The first-order chi connectivity index (χ1) is 6.12. The standard InChI is InChI=1S/C10H19NOS/c1-4-9(13-3)10(12)5-7-11(2)8-6-10/h4,12H,5-8H2,1-3H3/b9-4-. The summed E-state index contributed by atoms with van der Waals surface area (Å²) in [7, 11) is 2.11. The number of hydrogen-bond donors (Lipinski definition) is 1. The first-order valence-electron chi connectivity index (χ1n) is 4.74. The van der Waals surface area contributed by atoms with E-state index in [0.717, 1.165) is 30.8 Å². The molecule has 1 rings (SSSR count). The third-order valence-electron chi connectivity index (χ3n) is 2.75. The van der Waals surface area contributed by atoms with E-state index in [0.29, 0.717) is 0 Å². The number of allylic oxidation sites excluding steroid dienone is 1. The van der Waals surface area contributed by atoms with Crippen LogP contribution in [-0.4, -0.2) is 42.0 Å². The predicted molar refractivity (Wildman–Crippen MR) is 59.0 cm³/mol. The summed E-state index contributed by atoms with van der Waals surface area (Å²) >= 11 is 1.67. The van der Waals surface area contributed by atoms with Crippen molar-refractivity contribution in [1.29, 1.82) is 0 Å². The van der Waals surface area contributed by atoms with Crippen LogP contribution in [-0.2, 0) is 0 Å². The Morgan fingerprint density at radius 1 is 1.46 bits per heavy atom. The van der Waals surface area contributed by atoms with E-state index in [1.54, 1.807) is 11.8 Å². The SMILES string of the molecule is C/C=C(\SC)C1(O)CCN(C)CC1. The number of rotatable bonds is 2. The molecule has 76 valence electrons. The zero-order valence-electron chi connectivity index (χ0n) is 8.71. The Kier molecular flexibility index (Phi) is 3.83. The molecule has 1 aliphatic rings. The van der Waals surface area contributed by atoms with Gasteiger partial charge < -0.3 is 10.0 Å². The van der Waals surface area contributed by atoms with Gasteiger partial charge in [0, 0.05) is 18.0 Å². The monoisotopic (exact) mass is 201 g/mol. The number of hydrogen-bond acceptors (Lipinski definition) is 3. The Labute approximate surface area is 85.0 Å². The van der Waals surface area contributed by atoms with E-state index in [9.17, 15) is 5.11 Å². The summed E-state index contributed by atoms with van der Waals surface area (Å²) in [5.41, 5.74) is -0.541. The van der Waals surface area contributed by atoms with Gasteiger partial charge in [-0.05, 0) is 33.1 Å². The van der Waals surface area contributed by atoms with Crippen LogP contribution in [0.2, 0.25) is 0 Å². The van der Waals surface area contributed by atoms with E-state index in [4.69, 9.17) is 0 Å². The van der Waals surface area contributed by atoms with Crippen molar-refractivity contribution < 1.29 is 5.11 Å². The maximum Gasteiger partial charge on any atom is 0.0975 e. The zero-order valence-corrected chi connectivity index (χ0v) is 9.52. The Morgan fingerprint density at radius 2 is 2.00 bits per heavy atom. The fraction of sp³-hybridized carbons (Fsp3) is 0.800. The third kappa shape index (κ3) is 2.48. The zero-order chi connectivity index (χ0) is 9.90. The molecule has 1 aliphatic heterocycles. The van der Waals surface area contributed by atoms with E-state index in [1.165, 1.54) is 0 Å². The predicted octanol–water partition coefficient (Wildman–Crippen LogP) is 1.71. The summed E-state index contributed by atoms with van der Waals surface area (Å²) in [5.74, 6) is 0. The van der Waals surface area contributed by atoms with Gasteiger partial charge in [0.2, 0.25) is 0 Å². The van der Waals surface area contributed by atoms with E-state index in [1.807, 2.05) is 19.3 Å². The highest BCUT2D eigenvalue weighted by Gasteiger charge is 2.33. The Hall–Kier alpha value is 0.01000. The van der Waals surface area contributed by atoms with Gasteiger partial charge in [-0.25, -0.2) is 0 Å². The van der Waals surface area contributed by atoms with Crippen LogP contribution in [0.15, 0.2) is 11.0 Å². The van der Waals surface area contributed by atoms with Crippen molar-refractivity contribution in [3.05, 3.63) is 11.0 Å². The lowest BCUT2D eigenvalue weighted by Gasteiger charge is -2.37.